The molecule has 2 aliphatic rings. The SMILES string of the molecule is O=C(Nc1ccnn1C1CCCCC1)N[C@@H]1CC(=O)N(Cc2ccccc2)C1. The Morgan fingerprint density at radius 2 is 1.89 bits per heavy atom. The molecule has 1 aromatic heterocycles. The van der Waals surface area contributed by atoms with Crippen LogP contribution in [0.5, 0.6) is 0 Å². The molecule has 7 heteroatoms. The lowest BCUT2D eigenvalue weighted by atomic mass is 9.96. The van der Waals surface area contributed by atoms with Crippen LogP contribution in [0.15, 0.2) is 42.6 Å². The van der Waals surface area contributed by atoms with Crippen LogP contribution in [0.4, 0.5) is 10.6 Å². The summed E-state index contributed by atoms with van der Waals surface area (Å²) in [6.07, 6.45) is 7.95. The van der Waals surface area contributed by atoms with E-state index in [-0.39, 0.29) is 18.0 Å². The van der Waals surface area contributed by atoms with E-state index in [1.54, 1.807) is 11.1 Å². The van der Waals surface area contributed by atoms with Crippen LogP contribution in [0.25, 0.3) is 0 Å². The van der Waals surface area contributed by atoms with Gasteiger partial charge in [0.05, 0.1) is 18.3 Å². The Hall–Kier alpha value is -2.83. The third-order valence-corrected chi connectivity index (χ3v) is 5.60. The first-order valence-corrected chi connectivity index (χ1v) is 10.1. The monoisotopic (exact) mass is 381 g/mol. The number of aromatic nitrogens is 2. The van der Waals surface area contributed by atoms with Gasteiger partial charge in [-0.05, 0) is 18.4 Å². The first-order chi connectivity index (χ1) is 13.7. The van der Waals surface area contributed by atoms with Gasteiger partial charge in [-0.3, -0.25) is 10.1 Å². The molecule has 28 heavy (non-hydrogen) atoms. The molecule has 1 atom stereocenters. The van der Waals surface area contributed by atoms with Gasteiger partial charge in [0.2, 0.25) is 5.91 Å². The number of nitrogens with one attached hydrogen (secondary N) is 2. The highest BCUT2D eigenvalue weighted by Gasteiger charge is 2.30. The Labute approximate surface area is 165 Å². The summed E-state index contributed by atoms with van der Waals surface area (Å²) in [5.74, 6) is 0.788. The van der Waals surface area contributed by atoms with E-state index in [0.29, 0.717) is 25.6 Å². The molecule has 1 aliphatic heterocycles. The highest BCUT2D eigenvalue weighted by atomic mass is 16.2. The topological polar surface area (TPSA) is 79.3 Å². The van der Waals surface area contributed by atoms with Crippen LogP contribution in [0.1, 0.15) is 50.1 Å². The van der Waals surface area contributed by atoms with Gasteiger partial charge in [0.15, 0.2) is 0 Å². The minimum Gasteiger partial charge on any atom is -0.336 e. The van der Waals surface area contributed by atoms with Crippen molar-refractivity contribution in [2.45, 2.75) is 57.2 Å². The summed E-state index contributed by atoms with van der Waals surface area (Å²) in [6.45, 7) is 1.11. The Morgan fingerprint density at radius 3 is 2.68 bits per heavy atom. The third kappa shape index (κ3) is 4.35. The van der Waals surface area contributed by atoms with E-state index in [1.807, 2.05) is 41.1 Å². The molecule has 1 saturated carbocycles. The number of amides is 3. The number of urea groups is 1. The summed E-state index contributed by atoms with van der Waals surface area (Å²) in [5, 5.41) is 10.3. The number of likely N-dealkylation sites (tertiary alicyclic amines) is 1. The van der Waals surface area contributed by atoms with Gasteiger partial charge < -0.3 is 10.2 Å². The number of anilines is 1. The second-order valence-electron chi connectivity index (χ2n) is 7.71. The van der Waals surface area contributed by atoms with Gasteiger partial charge in [-0.1, -0.05) is 49.6 Å². The van der Waals surface area contributed by atoms with Crippen LogP contribution in [-0.2, 0) is 11.3 Å². The van der Waals surface area contributed by atoms with E-state index >= 15 is 0 Å². The molecule has 148 valence electrons. The molecule has 0 spiro atoms. The number of rotatable bonds is 5. The summed E-state index contributed by atoms with van der Waals surface area (Å²) in [7, 11) is 0. The highest BCUT2D eigenvalue weighted by molar-refractivity contribution is 5.89. The summed E-state index contributed by atoms with van der Waals surface area (Å²) in [4.78, 5) is 26.6. The highest BCUT2D eigenvalue weighted by Crippen LogP contribution is 2.29. The van der Waals surface area contributed by atoms with Gasteiger partial charge in [0.1, 0.15) is 5.82 Å². The number of hydrogen-bond donors (Lipinski definition) is 2. The summed E-state index contributed by atoms with van der Waals surface area (Å²) in [5.41, 5.74) is 1.09. The lowest BCUT2D eigenvalue weighted by Gasteiger charge is -2.24. The Morgan fingerprint density at radius 1 is 1.11 bits per heavy atom. The molecule has 0 bridgehead atoms. The molecule has 2 heterocycles. The normalized spacial score (nSPS) is 20.4. The molecule has 0 unspecified atom stereocenters. The molecule has 0 radical (unpaired) electrons. The average molecular weight is 381 g/mol. The van der Waals surface area contributed by atoms with Gasteiger partial charge in [0.25, 0.3) is 0 Å². The molecule has 1 saturated heterocycles. The van der Waals surface area contributed by atoms with Crippen LogP contribution in [0.2, 0.25) is 0 Å². The second kappa shape index (κ2) is 8.46. The first-order valence-electron chi connectivity index (χ1n) is 10.1. The molecule has 4 rings (SSSR count). The molecule has 2 fully saturated rings. The van der Waals surface area contributed by atoms with Crippen molar-refractivity contribution in [2.75, 3.05) is 11.9 Å². The third-order valence-electron chi connectivity index (χ3n) is 5.60. The summed E-state index contributed by atoms with van der Waals surface area (Å²) >= 11 is 0. The van der Waals surface area contributed by atoms with E-state index in [4.69, 9.17) is 0 Å². The smallest absolute Gasteiger partial charge is 0.320 e. The summed E-state index contributed by atoms with van der Waals surface area (Å²) in [6, 6.07) is 11.6. The van der Waals surface area contributed by atoms with E-state index in [2.05, 4.69) is 15.7 Å². The van der Waals surface area contributed by atoms with Gasteiger partial charge in [-0.2, -0.15) is 5.10 Å². The van der Waals surface area contributed by atoms with Crippen molar-refractivity contribution in [3.8, 4) is 0 Å². The predicted molar refractivity (Wildman–Crippen MR) is 107 cm³/mol. The maximum Gasteiger partial charge on any atom is 0.320 e. The minimum absolute atomic E-state index is 0.0707. The van der Waals surface area contributed by atoms with E-state index in [9.17, 15) is 9.59 Å². The molecule has 2 aromatic rings. The predicted octanol–water partition coefficient (Wildman–Crippen LogP) is 3.31. The van der Waals surface area contributed by atoms with Crippen molar-refractivity contribution in [3.63, 3.8) is 0 Å². The second-order valence-corrected chi connectivity index (χ2v) is 7.71. The number of carbonyl (C=O) groups is 2. The lowest BCUT2D eigenvalue weighted by Crippen LogP contribution is -2.40. The van der Waals surface area contributed by atoms with Crippen molar-refractivity contribution in [1.29, 1.82) is 0 Å². The maximum atomic E-state index is 12.5. The standard InChI is InChI=1S/C21H27N5O2/c27-20-13-17(15-25(20)14-16-7-3-1-4-8-16)23-21(28)24-19-11-12-22-26(19)18-9-5-2-6-10-18/h1,3-4,7-8,11-12,17-18H,2,5-6,9-10,13-15H2,(H2,23,24,28)/t17-/m1/s1. The van der Waals surface area contributed by atoms with E-state index in [1.165, 1.54) is 19.3 Å². The summed E-state index contributed by atoms with van der Waals surface area (Å²) < 4.78 is 1.93. The molecule has 1 aliphatic carbocycles. The fourth-order valence-electron chi connectivity index (χ4n) is 4.19. The maximum absolute atomic E-state index is 12.5. The average Bonchev–Trinajstić information content (AvgIpc) is 3.30. The van der Waals surface area contributed by atoms with Crippen molar-refractivity contribution in [2.24, 2.45) is 0 Å². The molecular formula is C21H27N5O2. The molecule has 1 aromatic carbocycles. The van der Waals surface area contributed by atoms with Crippen LogP contribution >= 0.6 is 0 Å². The van der Waals surface area contributed by atoms with Gasteiger partial charge >= 0.3 is 6.03 Å². The molecule has 3 amide bonds. The lowest BCUT2D eigenvalue weighted by molar-refractivity contribution is -0.128. The molecule has 7 nitrogen and oxygen atoms in total. The van der Waals surface area contributed by atoms with E-state index < -0.39 is 0 Å². The zero-order chi connectivity index (χ0) is 19.3. The van der Waals surface area contributed by atoms with Crippen molar-refractivity contribution in [3.05, 3.63) is 48.2 Å². The van der Waals surface area contributed by atoms with Gasteiger partial charge in [-0.15, -0.1) is 0 Å². The molecule has 2 N–H and O–H groups in total. The fourth-order valence-corrected chi connectivity index (χ4v) is 4.19. The first kappa shape index (κ1) is 18.5. The van der Waals surface area contributed by atoms with Crippen molar-refractivity contribution >= 4 is 17.8 Å². The van der Waals surface area contributed by atoms with Crippen LogP contribution in [0, 0.1) is 0 Å². The van der Waals surface area contributed by atoms with Crippen LogP contribution in [0.3, 0.4) is 0 Å². The zero-order valence-corrected chi connectivity index (χ0v) is 16.0. The fraction of sp³-hybridized carbons (Fsp3) is 0.476. The van der Waals surface area contributed by atoms with Crippen LogP contribution < -0.4 is 10.6 Å². The largest absolute Gasteiger partial charge is 0.336 e. The number of benzene rings is 1. The number of carbonyl (C=O) groups excluding carboxylic acids is 2. The number of nitrogens with zero attached hydrogens (tertiary/aromatic N) is 3. The quantitative estimate of drug-likeness (QED) is 0.834. The Balaban J connectivity index is 1.31. The molecular weight excluding hydrogens is 354 g/mol. The Kier molecular flexibility index (Phi) is 5.60. The Bertz CT molecular complexity index is 813. The van der Waals surface area contributed by atoms with Crippen LogP contribution in [-0.4, -0.2) is 39.2 Å². The van der Waals surface area contributed by atoms with Gasteiger partial charge in [-0.25, -0.2) is 9.48 Å². The zero-order valence-electron chi connectivity index (χ0n) is 16.0. The van der Waals surface area contributed by atoms with Gasteiger partial charge in [0, 0.05) is 25.6 Å². The van der Waals surface area contributed by atoms with Crippen molar-refractivity contribution < 1.29 is 9.59 Å². The van der Waals surface area contributed by atoms with E-state index in [0.717, 1.165) is 24.2 Å². The minimum atomic E-state index is -0.281. The van der Waals surface area contributed by atoms with Crippen molar-refractivity contribution in [1.82, 2.24) is 20.0 Å². The number of hydrogen-bond acceptors (Lipinski definition) is 3.